The molecule has 0 spiro atoms. The summed E-state index contributed by atoms with van der Waals surface area (Å²) in [5, 5.41) is 0. The molecule has 0 nitrogen and oxygen atoms in total. The van der Waals surface area contributed by atoms with E-state index in [9.17, 15) is 0 Å². The maximum Gasteiger partial charge on any atom is 0.0276 e. The summed E-state index contributed by atoms with van der Waals surface area (Å²) >= 11 is 0. The van der Waals surface area contributed by atoms with Crippen LogP contribution < -0.4 is 0 Å². The van der Waals surface area contributed by atoms with Crippen LogP contribution in [0, 0.1) is 0 Å². The van der Waals surface area contributed by atoms with Crippen LogP contribution in [0.4, 0.5) is 0 Å². The van der Waals surface area contributed by atoms with Gasteiger partial charge in [-0.05, 0) is 20.7 Å². The fraction of sp³-hybridized carbons (Fsp3) is 0.600. The summed E-state index contributed by atoms with van der Waals surface area (Å²) in [6.45, 7) is 4.34. The van der Waals surface area contributed by atoms with E-state index >= 15 is 0 Å². The van der Waals surface area contributed by atoms with Crippen LogP contribution in [0.15, 0.2) is 11.6 Å². The lowest BCUT2D eigenvalue weighted by Crippen LogP contribution is -1.52. The fourth-order valence-corrected chi connectivity index (χ4v) is 0. The SMILES string of the molecule is [2H]C/C(C)=C\C. The summed E-state index contributed by atoms with van der Waals surface area (Å²) in [6.07, 6.45) is 1.95. The molecule has 0 atom stereocenters. The maximum absolute atomic E-state index is 6.74. The molecule has 0 aliphatic heterocycles. The Morgan fingerprint density at radius 3 is 2.60 bits per heavy atom. The molecule has 0 N–H and O–H groups in total. The van der Waals surface area contributed by atoms with Gasteiger partial charge in [-0.3, -0.25) is 0 Å². The zero-order valence-electron chi connectivity index (χ0n) is 4.78. The third-order valence-corrected chi connectivity index (χ3v) is 0.493. The molecular weight excluding hydrogens is 60.1 g/mol. The predicted octanol–water partition coefficient (Wildman–Crippen LogP) is 1.97. The number of allylic oxidation sites excluding steroid dienone is 2. The number of rotatable bonds is 0. The van der Waals surface area contributed by atoms with Gasteiger partial charge in [0.25, 0.3) is 0 Å². The van der Waals surface area contributed by atoms with Crippen LogP contribution in [0.2, 0.25) is 0 Å². The molecule has 0 radical (unpaired) electrons. The Hall–Kier alpha value is -0.260. The van der Waals surface area contributed by atoms with Crippen LogP contribution in [0.25, 0.3) is 0 Å². The molecule has 0 heteroatoms. The van der Waals surface area contributed by atoms with Crippen LogP contribution in [-0.2, 0) is 0 Å². The molecule has 0 heterocycles. The lowest BCUT2D eigenvalue weighted by molar-refractivity contribution is 1.36. The second-order valence-electron chi connectivity index (χ2n) is 1.14. The molecule has 0 fully saturated rings. The van der Waals surface area contributed by atoms with Crippen molar-refractivity contribution in [2.75, 3.05) is 0 Å². The van der Waals surface area contributed by atoms with Crippen molar-refractivity contribution in [3.8, 4) is 0 Å². The minimum absolute atomic E-state index is 0.441. The van der Waals surface area contributed by atoms with Crippen LogP contribution in [-0.4, -0.2) is 0 Å². The Balaban J connectivity index is 3.22. The highest BCUT2D eigenvalue weighted by Crippen LogP contribution is 1.82. The monoisotopic (exact) mass is 71.1 g/mol. The highest BCUT2D eigenvalue weighted by molar-refractivity contribution is 4.88. The van der Waals surface area contributed by atoms with E-state index in [1.807, 2.05) is 19.9 Å². The molecule has 0 rings (SSSR count). The zero-order chi connectivity index (χ0) is 4.99. The molecule has 0 bridgehead atoms. The van der Waals surface area contributed by atoms with Crippen molar-refractivity contribution in [3.05, 3.63) is 11.6 Å². The van der Waals surface area contributed by atoms with E-state index in [1.165, 1.54) is 0 Å². The van der Waals surface area contributed by atoms with E-state index in [0.717, 1.165) is 5.57 Å². The topological polar surface area (TPSA) is 0 Å². The standard InChI is InChI=1S/C5H10/c1-4-5(2)3/h4H,1-3H3/i2D/b5-4+. The molecular formula is C5H10. The Labute approximate surface area is 34.9 Å². The maximum atomic E-state index is 6.74. The van der Waals surface area contributed by atoms with Crippen LogP contribution in [0.1, 0.15) is 22.1 Å². The molecule has 0 amide bonds. The van der Waals surface area contributed by atoms with Crippen LogP contribution in [0.3, 0.4) is 0 Å². The average molecular weight is 71.1 g/mol. The molecule has 5 heavy (non-hydrogen) atoms. The van der Waals surface area contributed by atoms with Crippen molar-refractivity contribution in [1.29, 1.82) is 0 Å². The predicted molar refractivity (Wildman–Crippen MR) is 25.1 cm³/mol. The van der Waals surface area contributed by atoms with E-state index in [0.29, 0.717) is 6.90 Å². The smallest absolute Gasteiger partial charge is 0.0276 e. The fourth-order valence-electron chi connectivity index (χ4n) is 0. The van der Waals surface area contributed by atoms with Gasteiger partial charge in [0.2, 0.25) is 0 Å². The second-order valence-corrected chi connectivity index (χ2v) is 1.14. The minimum atomic E-state index is 0.441. The molecule has 0 aromatic heterocycles. The number of hydrogen-bond acceptors (Lipinski definition) is 0. The number of hydrogen-bond donors (Lipinski definition) is 0. The highest BCUT2D eigenvalue weighted by atomic mass is 13.7. The summed E-state index contributed by atoms with van der Waals surface area (Å²) in [5.74, 6) is 0. The largest absolute Gasteiger partial charge is 0.0890 e. The van der Waals surface area contributed by atoms with Crippen molar-refractivity contribution in [2.45, 2.75) is 20.7 Å². The summed E-state index contributed by atoms with van der Waals surface area (Å²) in [6, 6.07) is 0. The normalized spacial score (nSPS) is 14.8. The summed E-state index contributed by atoms with van der Waals surface area (Å²) in [5.41, 5.74) is 1.13. The Bertz CT molecular complexity index is 55.0. The first-order valence-electron chi connectivity index (χ1n) is 2.43. The van der Waals surface area contributed by atoms with Gasteiger partial charge >= 0.3 is 0 Å². The minimum Gasteiger partial charge on any atom is -0.0890 e. The summed E-state index contributed by atoms with van der Waals surface area (Å²) < 4.78 is 6.74. The Morgan fingerprint density at radius 1 is 2.00 bits per heavy atom. The van der Waals surface area contributed by atoms with E-state index in [4.69, 9.17) is 1.37 Å². The first-order valence-corrected chi connectivity index (χ1v) is 1.72. The van der Waals surface area contributed by atoms with E-state index in [2.05, 4.69) is 0 Å². The first kappa shape index (κ1) is 2.95. The highest BCUT2D eigenvalue weighted by Gasteiger charge is 1.60. The zero-order valence-corrected chi connectivity index (χ0v) is 3.78. The average Bonchev–Trinajstić information content (AvgIpc) is 1.65. The molecule has 30 valence electrons. The molecule has 0 unspecified atom stereocenters. The van der Waals surface area contributed by atoms with E-state index in [1.54, 1.807) is 0 Å². The van der Waals surface area contributed by atoms with Crippen LogP contribution >= 0.6 is 0 Å². The van der Waals surface area contributed by atoms with Gasteiger partial charge in [0, 0.05) is 1.37 Å². The van der Waals surface area contributed by atoms with E-state index < -0.39 is 0 Å². The van der Waals surface area contributed by atoms with Gasteiger partial charge in [-0.2, -0.15) is 0 Å². The Kier molecular flexibility index (Phi) is 1.18. The van der Waals surface area contributed by atoms with Gasteiger partial charge in [-0.1, -0.05) is 11.6 Å². The molecule has 0 aromatic carbocycles. The molecule has 0 aromatic rings. The van der Waals surface area contributed by atoms with Crippen molar-refractivity contribution in [1.82, 2.24) is 0 Å². The Morgan fingerprint density at radius 2 is 2.60 bits per heavy atom. The van der Waals surface area contributed by atoms with Gasteiger partial charge < -0.3 is 0 Å². The van der Waals surface area contributed by atoms with Crippen LogP contribution in [0.5, 0.6) is 0 Å². The second kappa shape index (κ2) is 2.01. The van der Waals surface area contributed by atoms with Crippen molar-refractivity contribution in [2.24, 2.45) is 0 Å². The lowest BCUT2D eigenvalue weighted by Gasteiger charge is -1.74. The van der Waals surface area contributed by atoms with Gasteiger partial charge in [0.15, 0.2) is 0 Å². The summed E-state index contributed by atoms with van der Waals surface area (Å²) in [4.78, 5) is 0. The third kappa shape index (κ3) is 3.74. The first-order chi connectivity index (χ1) is 2.81. The molecule has 0 aliphatic carbocycles. The van der Waals surface area contributed by atoms with E-state index in [-0.39, 0.29) is 0 Å². The molecule has 0 aliphatic rings. The van der Waals surface area contributed by atoms with Crippen molar-refractivity contribution in [3.63, 3.8) is 0 Å². The lowest BCUT2D eigenvalue weighted by atomic mass is 10.3. The molecule has 0 saturated carbocycles. The van der Waals surface area contributed by atoms with Gasteiger partial charge in [0.05, 0.1) is 0 Å². The molecule has 0 saturated heterocycles. The van der Waals surface area contributed by atoms with Gasteiger partial charge in [0.1, 0.15) is 0 Å². The van der Waals surface area contributed by atoms with Gasteiger partial charge in [-0.25, -0.2) is 0 Å². The summed E-state index contributed by atoms with van der Waals surface area (Å²) in [7, 11) is 0. The van der Waals surface area contributed by atoms with Gasteiger partial charge in [-0.15, -0.1) is 0 Å². The van der Waals surface area contributed by atoms with Crippen molar-refractivity contribution >= 4 is 0 Å². The quantitative estimate of drug-likeness (QED) is 0.383. The van der Waals surface area contributed by atoms with Crippen molar-refractivity contribution < 1.29 is 1.37 Å². The third-order valence-electron chi connectivity index (χ3n) is 0.493.